The van der Waals surface area contributed by atoms with Crippen LogP contribution < -0.4 is 10.1 Å². The number of anilines is 1. The van der Waals surface area contributed by atoms with E-state index < -0.39 is 5.82 Å². The van der Waals surface area contributed by atoms with Crippen molar-refractivity contribution in [2.75, 3.05) is 11.9 Å². The first kappa shape index (κ1) is 13.7. The first-order valence-corrected chi connectivity index (χ1v) is 6.01. The molecule has 4 nitrogen and oxygen atoms in total. The van der Waals surface area contributed by atoms with Gasteiger partial charge in [0.15, 0.2) is 18.2 Å². The highest BCUT2D eigenvalue weighted by atomic mass is 19.1. The number of rotatable bonds is 5. The van der Waals surface area contributed by atoms with Gasteiger partial charge in [0.2, 0.25) is 0 Å². The average molecular weight is 272 g/mol. The van der Waals surface area contributed by atoms with Crippen LogP contribution in [-0.2, 0) is 6.54 Å². The van der Waals surface area contributed by atoms with E-state index in [1.54, 1.807) is 30.3 Å². The minimum atomic E-state index is -0.643. The molecule has 0 aromatic heterocycles. The molecule has 0 saturated carbocycles. The number of nitrogens with zero attached hydrogens (tertiary/aromatic N) is 1. The lowest BCUT2D eigenvalue weighted by Gasteiger charge is -2.10. The van der Waals surface area contributed by atoms with Crippen molar-refractivity contribution in [3.63, 3.8) is 0 Å². The van der Waals surface area contributed by atoms with Crippen molar-refractivity contribution in [3.05, 3.63) is 53.8 Å². The van der Waals surface area contributed by atoms with E-state index in [9.17, 15) is 9.50 Å². The predicted octanol–water partition coefficient (Wildman–Crippen LogP) is 3.05. The summed E-state index contributed by atoms with van der Waals surface area (Å²) < 4.78 is 18.4. The van der Waals surface area contributed by atoms with E-state index in [0.717, 1.165) is 5.69 Å². The van der Waals surface area contributed by atoms with Crippen molar-refractivity contribution >= 4 is 5.69 Å². The number of phenolic OH excluding ortho intramolecular Hbond substituents is 1. The van der Waals surface area contributed by atoms with Gasteiger partial charge in [-0.15, -0.1) is 0 Å². The van der Waals surface area contributed by atoms with Gasteiger partial charge >= 0.3 is 0 Å². The Labute approximate surface area is 116 Å². The van der Waals surface area contributed by atoms with Gasteiger partial charge in [-0.25, -0.2) is 4.39 Å². The molecule has 0 aliphatic carbocycles. The molecule has 2 N–H and O–H groups in total. The van der Waals surface area contributed by atoms with E-state index in [-0.39, 0.29) is 18.9 Å². The maximum atomic E-state index is 13.2. The quantitative estimate of drug-likeness (QED) is 0.878. The second-order valence-electron chi connectivity index (χ2n) is 4.08. The van der Waals surface area contributed by atoms with Gasteiger partial charge in [-0.3, -0.25) is 0 Å². The molecule has 0 fully saturated rings. The van der Waals surface area contributed by atoms with Crippen molar-refractivity contribution in [2.45, 2.75) is 6.54 Å². The topological polar surface area (TPSA) is 65.3 Å². The van der Waals surface area contributed by atoms with E-state index in [2.05, 4.69) is 5.32 Å². The summed E-state index contributed by atoms with van der Waals surface area (Å²) in [6.07, 6.45) is 0. The van der Waals surface area contributed by atoms with Gasteiger partial charge in [0.05, 0.1) is 0 Å². The van der Waals surface area contributed by atoms with Crippen molar-refractivity contribution in [3.8, 4) is 17.6 Å². The predicted molar refractivity (Wildman–Crippen MR) is 72.9 cm³/mol. The Kier molecular flexibility index (Phi) is 4.40. The second-order valence-corrected chi connectivity index (χ2v) is 4.08. The molecule has 2 aromatic carbocycles. The number of halogens is 1. The normalized spacial score (nSPS) is 9.80. The summed E-state index contributed by atoms with van der Waals surface area (Å²) in [6.45, 7) is 0.263. The maximum Gasteiger partial charge on any atom is 0.174 e. The first-order valence-electron chi connectivity index (χ1n) is 6.01. The lowest BCUT2D eigenvalue weighted by molar-refractivity contribution is 0.368. The number of hydrogen-bond acceptors (Lipinski definition) is 4. The standard InChI is InChI=1S/C15H13FN2O2/c16-14-6-1-3-11(15(14)19)10-18-12-4-2-5-13(9-12)20-8-7-17/h1-6,9,18-19H,8,10H2. The maximum absolute atomic E-state index is 13.2. The summed E-state index contributed by atoms with van der Waals surface area (Å²) in [5.74, 6) is -0.424. The molecule has 0 bridgehead atoms. The van der Waals surface area contributed by atoms with Crippen molar-refractivity contribution in [2.24, 2.45) is 0 Å². The number of nitrogens with one attached hydrogen (secondary N) is 1. The molecule has 2 aromatic rings. The third-order valence-corrected chi connectivity index (χ3v) is 2.69. The Morgan fingerprint density at radius 1 is 1.25 bits per heavy atom. The fourth-order valence-electron chi connectivity index (χ4n) is 1.71. The first-order chi connectivity index (χ1) is 9.70. The molecule has 5 heteroatoms. The zero-order chi connectivity index (χ0) is 14.4. The summed E-state index contributed by atoms with van der Waals surface area (Å²) in [7, 11) is 0. The summed E-state index contributed by atoms with van der Waals surface area (Å²) >= 11 is 0. The van der Waals surface area contributed by atoms with Gasteiger partial charge in [-0.05, 0) is 18.2 Å². The van der Waals surface area contributed by atoms with Gasteiger partial charge in [-0.2, -0.15) is 5.26 Å². The Balaban J connectivity index is 2.04. The number of hydrogen-bond donors (Lipinski definition) is 2. The van der Waals surface area contributed by atoms with Gasteiger partial charge in [0, 0.05) is 23.9 Å². The van der Waals surface area contributed by atoms with Gasteiger partial charge < -0.3 is 15.2 Å². The third-order valence-electron chi connectivity index (χ3n) is 2.69. The molecule has 0 unspecified atom stereocenters. The number of nitriles is 1. The largest absolute Gasteiger partial charge is 0.505 e. The fourth-order valence-corrected chi connectivity index (χ4v) is 1.71. The summed E-state index contributed by atoms with van der Waals surface area (Å²) in [4.78, 5) is 0. The van der Waals surface area contributed by atoms with E-state index in [0.29, 0.717) is 11.3 Å². The van der Waals surface area contributed by atoms with Gasteiger partial charge in [0.1, 0.15) is 11.8 Å². The highest BCUT2D eigenvalue weighted by Crippen LogP contribution is 2.23. The van der Waals surface area contributed by atoms with Crippen LogP contribution in [-0.4, -0.2) is 11.7 Å². The van der Waals surface area contributed by atoms with Crippen LogP contribution in [0.2, 0.25) is 0 Å². The molecule has 0 atom stereocenters. The van der Waals surface area contributed by atoms with Crippen molar-refractivity contribution < 1.29 is 14.2 Å². The van der Waals surface area contributed by atoms with Crippen LogP contribution in [0, 0.1) is 17.1 Å². The molecule has 0 amide bonds. The minimum Gasteiger partial charge on any atom is -0.505 e. The lowest BCUT2D eigenvalue weighted by atomic mass is 10.2. The molecule has 0 aliphatic rings. The summed E-state index contributed by atoms with van der Waals surface area (Å²) in [6, 6.07) is 13.3. The minimum absolute atomic E-state index is 0.0197. The number of ether oxygens (including phenoxy) is 1. The van der Waals surface area contributed by atoms with Crippen LogP contribution in [0.5, 0.6) is 11.5 Å². The number of benzene rings is 2. The molecule has 2 rings (SSSR count). The number of para-hydroxylation sites is 1. The van der Waals surface area contributed by atoms with E-state index in [4.69, 9.17) is 10.00 Å². The van der Waals surface area contributed by atoms with Crippen LogP contribution in [0.15, 0.2) is 42.5 Å². The van der Waals surface area contributed by atoms with E-state index in [1.165, 1.54) is 6.07 Å². The molecular weight excluding hydrogens is 259 g/mol. The molecule has 0 heterocycles. The zero-order valence-corrected chi connectivity index (χ0v) is 10.6. The second kappa shape index (κ2) is 6.43. The SMILES string of the molecule is N#CCOc1cccc(NCc2cccc(F)c2O)c1. The molecule has 0 saturated heterocycles. The molecule has 102 valence electrons. The monoisotopic (exact) mass is 272 g/mol. The zero-order valence-electron chi connectivity index (χ0n) is 10.6. The van der Waals surface area contributed by atoms with Crippen LogP contribution in [0.1, 0.15) is 5.56 Å². The third kappa shape index (κ3) is 3.39. The Morgan fingerprint density at radius 2 is 2.05 bits per heavy atom. The Hall–Kier alpha value is -2.74. The molecule has 20 heavy (non-hydrogen) atoms. The molecule has 0 aliphatic heterocycles. The van der Waals surface area contributed by atoms with Crippen LogP contribution in [0.25, 0.3) is 0 Å². The smallest absolute Gasteiger partial charge is 0.174 e. The van der Waals surface area contributed by atoms with Crippen LogP contribution in [0.4, 0.5) is 10.1 Å². The van der Waals surface area contributed by atoms with E-state index >= 15 is 0 Å². The van der Waals surface area contributed by atoms with E-state index in [1.807, 2.05) is 12.1 Å². The highest BCUT2D eigenvalue weighted by Gasteiger charge is 2.06. The highest BCUT2D eigenvalue weighted by molar-refractivity contribution is 5.49. The summed E-state index contributed by atoms with van der Waals surface area (Å²) in [5.41, 5.74) is 1.22. The number of phenols is 1. The van der Waals surface area contributed by atoms with Crippen molar-refractivity contribution in [1.82, 2.24) is 0 Å². The van der Waals surface area contributed by atoms with Gasteiger partial charge in [-0.1, -0.05) is 18.2 Å². The average Bonchev–Trinajstić information content (AvgIpc) is 2.47. The molecular formula is C15H13FN2O2. The van der Waals surface area contributed by atoms with Crippen LogP contribution >= 0.6 is 0 Å². The van der Waals surface area contributed by atoms with Gasteiger partial charge in [0.25, 0.3) is 0 Å². The Morgan fingerprint density at radius 3 is 2.85 bits per heavy atom. The molecule has 0 radical (unpaired) electrons. The summed E-state index contributed by atoms with van der Waals surface area (Å²) in [5, 5.41) is 21.1. The lowest BCUT2D eigenvalue weighted by Crippen LogP contribution is -2.01. The number of aromatic hydroxyl groups is 1. The van der Waals surface area contributed by atoms with Crippen LogP contribution in [0.3, 0.4) is 0 Å². The Bertz CT molecular complexity index is 638. The molecule has 0 spiro atoms. The van der Waals surface area contributed by atoms with Crippen molar-refractivity contribution in [1.29, 1.82) is 5.26 Å². The fraction of sp³-hybridized carbons (Fsp3) is 0.133.